The summed E-state index contributed by atoms with van der Waals surface area (Å²) in [6.07, 6.45) is 3.83. The number of hydrogen-bond donors (Lipinski definition) is 1. The smallest absolute Gasteiger partial charge is 0.236 e. The second-order valence-electron chi connectivity index (χ2n) is 8.25. The van der Waals surface area contributed by atoms with Crippen molar-refractivity contribution in [3.05, 3.63) is 0 Å². The number of nitrogens with zero attached hydrogens (tertiary/aromatic N) is 2. The molecule has 0 aromatic heterocycles. The lowest BCUT2D eigenvalue weighted by atomic mass is 9.65. The number of carbonyl (C=O) groups is 1. The predicted molar refractivity (Wildman–Crippen MR) is 80.5 cm³/mol. The molecule has 3 fully saturated rings. The number of nitrogens with one attached hydrogen (secondary N) is 1. The number of piperazine rings is 1. The lowest BCUT2D eigenvalue weighted by molar-refractivity contribution is -0.133. The lowest BCUT2D eigenvalue weighted by Gasteiger charge is -2.40. The molecule has 4 nitrogen and oxygen atoms in total. The average Bonchev–Trinajstić information content (AvgIpc) is 2.59. The van der Waals surface area contributed by atoms with Crippen LogP contribution in [0.3, 0.4) is 0 Å². The minimum Gasteiger partial charge on any atom is -0.339 e. The van der Waals surface area contributed by atoms with Gasteiger partial charge in [-0.15, -0.1) is 0 Å². The van der Waals surface area contributed by atoms with Crippen molar-refractivity contribution in [1.29, 1.82) is 0 Å². The van der Waals surface area contributed by atoms with E-state index in [9.17, 15) is 4.79 Å². The van der Waals surface area contributed by atoms with Gasteiger partial charge in [0.1, 0.15) is 0 Å². The Morgan fingerprint density at radius 3 is 2.60 bits per heavy atom. The van der Waals surface area contributed by atoms with Gasteiger partial charge in [-0.1, -0.05) is 20.8 Å². The van der Waals surface area contributed by atoms with Crippen LogP contribution < -0.4 is 5.32 Å². The highest BCUT2D eigenvalue weighted by Gasteiger charge is 2.49. The number of fused-ring (bicyclic) bond motifs is 2. The van der Waals surface area contributed by atoms with E-state index in [0.29, 0.717) is 29.3 Å². The molecule has 0 spiro atoms. The standard InChI is InChI=1S/C16H29N3O/c1-15(2)8-13-9-16(3,11-15)12-19(13)10-14(20)18-6-4-17-5-7-18/h13,17H,4-12H2,1-3H3. The van der Waals surface area contributed by atoms with Gasteiger partial charge in [-0.3, -0.25) is 9.69 Å². The Kier molecular flexibility index (Phi) is 3.57. The summed E-state index contributed by atoms with van der Waals surface area (Å²) in [5.74, 6) is 0.334. The van der Waals surface area contributed by atoms with Crippen molar-refractivity contribution in [1.82, 2.24) is 15.1 Å². The summed E-state index contributed by atoms with van der Waals surface area (Å²) in [6, 6.07) is 0.621. The van der Waals surface area contributed by atoms with Crippen LogP contribution in [0, 0.1) is 10.8 Å². The van der Waals surface area contributed by atoms with Crippen LogP contribution in [-0.2, 0) is 4.79 Å². The van der Waals surface area contributed by atoms with Gasteiger partial charge in [0, 0.05) is 38.8 Å². The van der Waals surface area contributed by atoms with Gasteiger partial charge in [-0.05, 0) is 30.1 Å². The van der Waals surface area contributed by atoms with E-state index in [1.165, 1.54) is 19.3 Å². The van der Waals surface area contributed by atoms with Crippen molar-refractivity contribution in [2.45, 2.75) is 46.1 Å². The Balaban J connectivity index is 1.62. The van der Waals surface area contributed by atoms with Gasteiger partial charge in [-0.25, -0.2) is 0 Å². The molecule has 2 heterocycles. The minimum atomic E-state index is 0.334. The van der Waals surface area contributed by atoms with Crippen LogP contribution in [0.1, 0.15) is 40.0 Å². The maximum Gasteiger partial charge on any atom is 0.236 e. The van der Waals surface area contributed by atoms with Crippen molar-refractivity contribution >= 4 is 5.91 Å². The van der Waals surface area contributed by atoms with Gasteiger partial charge in [0.2, 0.25) is 5.91 Å². The van der Waals surface area contributed by atoms with E-state index in [1.807, 2.05) is 4.90 Å². The predicted octanol–water partition coefficient (Wildman–Crippen LogP) is 1.32. The van der Waals surface area contributed by atoms with Gasteiger partial charge in [-0.2, -0.15) is 0 Å². The highest BCUT2D eigenvalue weighted by atomic mass is 16.2. The first kappa shape index (κ1) is 14.3. The second kappa shape index (κ2) is 4.99. The zero-order valence-electron chi connectivity index (χ0n) is 13.2. The Morgan fingerprint density at radius 2 is 1.90 bits per heavy atom. The van der Waals surface area contributed by atoms with Crippen molar-refractivity contribution < 1.29 is 4.79 Å². The van der Waals surface area contributed by atoms with Crippen LogP contribution in [0.15, 0.2) is 0 Å². The summed E-state index contributed by atoms with van der Waals surface area (Å²) in [4.78, 5) is 17.0. The molecule has 0 aromatic carbocycles. The number of rotatable bonds is 2. The van der Waals surface area contributed by atoms with Crippen molar-refractivity contribution in [2.24, 2.45) is 10.8 Å². The molecule has 3 aliphatic rings. The third-order valence-electron chi connectivity index (χ3n) is 5.33. The SMILES string of the molecule is CC1(C)CC2CC(C)(CN2CC(=O)N2CCNCC2)C1. The molecular weight excluding hydrogens is 250 g/mol. The molecule has 1 N–H and O–H groups in total. The van der Waals surface area contributed by atoms with E-state index in [0.717, 1.165) is 32.7 Å². The summed E-state index contributed by atoms with van der Waals surface area (Å²) in [6.45, 7) is 12.6. The molecule has 3 rings (SSSR count). The summed E-state index contributed by atoms with van der Waals surface area (Å²) >= 11 is 0. The minimum absolute atomic E-state index is 0.334. The fraction of sp³-hybridized carbons (Fsp3) is 0.938. The molecule has 0 radical (unpaired) electrons. The van der Waals surface area contributed by atoms with Crippen LogP contribution in [0.5, 0.6) is 0 Å². The average molecular weight is 279 g/mol. The monoisotopic (exact) mass is 279 g/mol. The quantitative estimate of drug-likeness (QED) is 0.828. The zero-order chi connectivity index (χ0) is 14.4. The fourth-order valence-corrected chi connectivity index (χ4v) is 4.95. The van der Waals surface area contributed by atoms with Crippen LogP contribution in [0.2, 0.25) is 0 Å². The number of amides is 1. The number of hydrogen-bond acceptors (Lipinski definition) is 3. The van der Waals surface area contributed by atoms with Gasteiger partial charge in [0.05, 0.1) is 6.54 Å². The van der Waals surface area contributed by atoms with Gasteiger partial charge < -0.3 is 10.2 Å². The Morgan fingerprint density at radius 1 is 1.20 bits per heavy atom. The lowest BCUT2D eigenvalue weighted by Crippen LogP contribution is -2.50. The highest BCUT2D eigenvalue weighted by molar-refractivity contribution is 5.78. The summed E-state index contributed by atoms with van der Waals surface area (Å²) in [5.41, 5.74) is 0.862. The first-order valence-corrected chi connectivity index (χ1v) is 8.10. The summed E-state index contributed by atoms with van der Waals surface area (Å²) in [5, 5.41) is 3.31. The third-order valence-corrected chi connectivity index (χ3v) is 5.33. The van der Waals surface area contributed by atoms with E-state index in [2.05, 4.69) is 31.0 Å². The van der Waals surface area contributed by atoms with Crippen LogP contribution >= 0.6 is 0 Å². The topological polar surface area (TPSA) is 35.6 Å². The largest absolute Gasteiger partial charge is 0.339 e. The molecule has 114 valence electrons. The molecule has 1 aliphatic carbocycles. The molecule has 1 saturated carbocycles. The molecule has 1 amide bonds. The highest BCUT2D eigenvalue weighted by Crippen LogP contribution is 2.52. The van der Waals surface area contributed by atoms with E-state index in [4.69, 9.17) is 0 Å². The Bertz CT molecular complexity index is 389. The van der Waals surface area contributed by atoms with Crippen LogP contribution in [0.25, 0.3) is 0 Å². The molecule has 2 atom stereocenters. The molecule has 2 unspecified atom stereocenters. The molecule has 4 heteroatoms. The second-order valence-corrected chi connectivity index (χ2v) is 8.25. The van der Waals surface area contributed by atoms with E-state index < -0.39 is 0 Å². The molecule has 20 heavy (non-hydrogen) atoms. The fourth-order valence-electron chi connectivity index (χ4n) is 4.95. The van der Waals surface area contributed by atoms with Gasteiger partial charge >= 0.3 is 0 Å². The molecule has 2 saturated heterocycles. The first-order chi connectivity index (χ1) is 9.37. The maximum atomic E-state index is 12.5. The number of likely N-dealkylation sites (tertiary alicyclic amines) is 1. The maximum absolute atomic E-state index is 12.5. The number of carbonyl (C=O) groups excluding carboxylic acids is 1. The van der Waals surface area contributed by atoms with Crippen LogP contribution in [0.4, 0.5) is 0 Å². The molecule has 0 aromatic rings. The third kappa shape index (κ3) is 2.86. The van der Waals surface area contributed by atoms with Crippen molar-refractivity contribution in [3.63, 3.8) is 0 Å². The first-order valence-electron chi connectivity index (χ1n) is 8.10. The summed E-state index contributed by atoms with van der Waals surface area (Å²) < 4.78 is 0. The van der Waals surface area contributed by atoms with Crippen molar-refractivity contribution in [2.75, 3.05) is 39.3 Å². The molecule has 2 bridgehead atoms. The molecule has 2 aliphatic heterocycles. The Hall–Kier alpha value is -0.610. The van der Waals surface area contributed by atoms with Crippen molar-refractivity contribution in [3.8, 4) is 0 Å². The van der Waals surface area contributed by atoms with E-state index >= 15 is 0 Å². The zero-order valence-corrected chi connectivity index (χ0v) is 13.2. The normalized spacial score (nSPS) is 37.1. The van der Waals surface area contributed by atoms with Crippen LogP contribution in [-0.4, -0.2) is 61.0 Å². The molecular formula is C16H29N3O. The summed E-state index contributed by atoms with van der Waals surface area (Å²) in [7, 11) is 0. The van der Waals surface area contributed by atoms with E-state index in [1.54, 1.807) is 0 Å². The Labute approximate surface area is 122 Å². The van der Waals surface area contributed by atoms with Gasteiger partial charge in [0.25, 0.3) is 0 Å². The van der Waals surface area contributed by atoms with Gasteiger partial charge in [0.15, 0.2) is 0 Å². The van der Waals surface area contributed by atoms with E-state index in [-0.39, 0.29) is 0 Å².